The van der Waals surface area contributed by atoms with Crippen LogP contribution in [0.1, 0.15) is 32.1 Å². The van der Waals surface area contributed by atoms with Crippen molar-refractivity contribution in [3.63, 3.8) is 0 Å². The Morgan fingerprint density at radius 1 is 1.65 bits per heavy atom. The van der Waals surface area contributed by atoms with Gasteiger partial charge in [-0.05, 0) is 27.2 Å². The van der Waals surface area contributed by atoms with Gasteiger partial charge in [0.05, 0.1) is 0 Å². The van der Waals surface area contributed by atoms with Crippen LogP contribution in [0, 0.1) is 0 Å². The third kappa shape index (κ3) is 4.82. The van der Waals surface area contributed by atoms with Crippen LogP contribution in [-0.2, 0) is 10.5 Å². The molecule has 0 bridgehead atoms. The highest BCUT2D eigenvalue weighted by Crippen LogP contribution is 2.29. The van der Waals surface area contributed by atoms with E-state index in [1.54, 1.807) is 4.90 Å². The van der Waals surface area contributed by atoms with Crippen molar-refractivity contribution in [1.82, 2.24) is 9.88 Å². The Kier molecular flexibility index (Phi) is 5.20. The number of halogens is 1. The van der Waals surface area contributed by atoms with Crippen molar-refractivity contribution in [1.29, 1.82) is 0 Å². The lowest BCUT2D eigenvalue weighted by Gasteiger charge is -2.24. The molecule has 0 spiro atoms. The van der Waals surface area contributed by atoms with Crippen LogP contribution in [0.25, 0.3) is 0 Å². The monoisotopic (exact) mass is 334 g/mol. The smallest absolute Gasteiger partial charge is 0.410 e. The highest BCUT2D eigenvalue weighted by molar-refractivity contribution is 7.99. The standard InChI is InChI=1S/C13H19ClN2O2S2/c1-13(2,3)18-12(17)16-5-4-9(7-16)19-8-10-6-15-11(14)20-10/h6,9H,4-5,7-8H2,1-3H3/t9-/m0/s1. The molecule has 0 unspecified atom stereocenters. The fourth-order valence-corrected chi connectivity index (χ4v) is 4.15. The first kappa shape index (κ1) is 15.9. The zero-order valence-electron chi connectivity index (χ0n) is 11.9. The molecular formula is C13H19ClN2O2S2. The Balaban J connectivity index is 1.76. The number of likely N-dealkylation sites (tertiary alicyclic amines) is 1. The van der Waals surface area contributed by atoms with Crippen molar-refractivity contribution < 1.29 is 9.53 Å². The first-order valence-corrected chi connectivity index (χ1v) is 8.77. The van der Waals surface area contributed by atoms with Gasteiger partial charge in [0.15, 0.2) is 4.47 Å². The fourth-order valence-electron chi connectivity index (χ4n) is 1.91. The summed E-state index contributed by atoms with van der Waals surface area (Å²) in [6.07, 6.45) is 2.62. The van der Waals surface area contributed by atoms with Gasteiger partial charge in [0.25, 0.3) is 0 Å². The third-order valence-corrected chi connectivity index (χ3v) is 5.41. The molecule has 1 aliphatic heterocycles. The lowest BCUT2D eigenvalue weighted by molar-refractivity contribution is 0.0295. The van der Waals surface area contributed by atoms with Crippen LogP contribution < -0.4 is 0 Å². The summed E-state index contributed by atoms with van der Waals surface area (Å²) in [6, 6.07) is 0. The second kappa shape index (κ2) is 6.54. The van der Waals surface area contributed by atoms with Crippen molar-refractivity contribution in [2.24, 2.45) is 0 Å². The Hall–Kier alpha value is -0.460. The van der Waals surface area contributed by atoms with Crippen LogP contribution in [0.5, 0.6) is 0 Å². The number of hydrogen-bond donors (Lipinski definition) is 0. The van der Waals surface area contributed by atoms with Crippen LogP contribution in [0.4, 0.5) is 4.79 Å². The average Bonchev–Trinajstić information content (AvgIpc) is 2.93. The number of nitrogens with zero attached hydrogens (tertiary/aromatic N) is 2. The molecule has 112 valence electrons. The Bertz CT molecular complexity index is 473. The molecule has 2 rings (SSSR count). The van der Waals surface area contributed by atoms with Crippen molar-refractivity contribution in [2.45, 2.75) is 43.8 Å². The molecular weight excluding hydrogens is 316 g/mol. The maximum Gasteiger partial charge on any atom is 0.410 e. The van der Waals surface area contributed by atoms with Gasteiger partial charge in [0.2, 0.25) is 0 Å². The molecule has 1 fully saturated rings. The molecule has 1 aliphatic rings. The van der Waals surface area contributed by atoms with Crippen molar-refractivity contribution in [3.05, 3.63) is 15.5 Å². The second-order valence-corrected chi connectivity index (χ2v) is 8.71. The van der Waals surface area contributed by atoms with E-state index in [-0.39, 0.29) is 6.09 Å². The molecule has 0 saturated carbocycles. The predicted octanol–water partition coefficient (Wildman–Crippen LogP) is 4.04. The molecule has 0 radical (unpaired) electrons. The number of ether oxygens (including phenoxy) is 1. The van der Waals surface area contributed by atoms with Crippen LogP contribution in [0.3, 0.4) is 0 Å². The van der Waals surface area contributed by atoms with E-state index in [1.165, 1.54) is 16.2 Å². The van der Waals surface area contributed by atoms with Gasteiger partial charge >= 0.3 is 6.09 Å². The van der Waals surface area contributed by atoms with Gasteiger partial charge in [0, 0.05) is 35.2 Å². The van der Waals surface area contributed by atoms with Crippen LogP contribution >= 0.6 is 34.7 Å². The quantitative estimate of drug-likeness (QED) is 0.836. The largest absolute Gasteiger partial charge is 0.444 e. The van der Waals surface area contributed by atoms with E-state index in [0.717, 1.165) is 25.3 Å². The minimum atomic E-state index is -0.429. The topological polar surface area (TPSA) is 42.4 Å². The SMILES string of the molecule is CC(C)(C)OC(=O)N1CC[C@H](SCc2cnc(Cl)s2)C1. The molecule has 2 heterocycles. The van der Waals surface area contributed by atoms with Gasteiger partial charge in [-0.3, -0.25) is 0 Å². The Labute approximate surface area is 132 Å². The highest BCUT2D eigenvalue weighted by atomic mass is 35.5. The Morgan fingerprint density at radius 2 is 2.40 bits per heavy atom. The molecule has 7 heteroatoms. The molecule has 4 nitrogen and oxygen atoms in total. The average molecular weight is 335 g/mol. The fraction of sp³-hybridized carbons (Fsp3) is 0.692. The van der Waals surface area contributed by atoms with E-state index < -0.39 is 5.60 Å². The van der Waals surface area contributed by atoms with Crippen molar-refractivity contribution in [2.75, 3.05) is 13.1 Å². The number of carbonyl (C=O) groups is 1. The number of hydrogen-bond acceptors (Lipinski definition) is 5. The zero-order valence-corrected chi connectivity index (χ0v) is 14.3. The zero-order chi connectivity index (χ0) is 14.8. The molecule has 1 aromatic rings. The summed E-state index contributed by atoms with van der Waals surface area (Å²) in [5, 5.41) is 0.461. The molecule has 1 amide bonds. The lowest BCUT2D eigenvalue weighted by atomic mass is 10.2. The van der Waals surface area contributed by atoms with Gasteiger partial charge in [-0.15, -0.1) is 11.3 Å². The Morgan fingerprint density at radius 3 is 3.00 bits per heavy atom. The van der Waals surface area contributed by atoms with Crippen LogP contribution in [0.2, 0.25) is 4.47 Å². The maximum atomic E-state index is 12.0. The van der Waals surface area contributed by atoms with Gasteiger partial charge < -0.3 is 9.64 Å². The molecule has 0 aromatic carbocycles. The summed E-state index contributed by atoms with van der Waals surface area (Å²) in [7, 11) is 0. The first-order chi connectivity index (χ1) is 9.33. The summed E-state index contributed by atoms with van der Waals surface area (Å²) in [6.45, 7) is 7.20. The summed E-state index contributed by atoms with van der Waals surface area (Å²) < 4.78 is 5.97. The number of thioether (sulfide) groups is 1. The van der Waals surface area contributed by atoms with Crippen LogP contribution in [0.15, 0.2) is 6.20 Å². The van der Waals surface area contributed by atoms with E-state index in [1.807, 2.05) is 38.7 Å². The lowest BCUT2D eigenvalue weighted by Crippen LogP contribution is -2.35. The minimum absolute atomic E-state index is 0.207. The molecule has 0 N–H and O–H groups in total. The normalized spacial score (nSPS) is 19.4. The number of aromatic nitrogens is 1. The maximum absolute atomic E-state index is 12.0. The van der Waals surface area contributed by atoms with Gasteiger partial charge in [-0.2, -0.15) is 11.8 Å². The van der Waals surface area contributed by atoms with E-state index in [9.17, 15) is 4.79 Å². The van der Waals surface area contributed by atoms with Crippen LogP contribution in [-0.4, -0.2) is 39.9 Å². The number of rotatable bonds is 3. The molecule has 0 aliphatic carbocycles. The molecule has 1 aromatic heterocycles. The van der Waals surface area contributed by atoms with Crippen molar-refractivity contribution in [3.8, 4) is 0 Å². The number of amides is 1. The first-order valence-electron chi connectivity index (χ1n) is 6.53. The molecule has 1 atom stereocenters. The number of thiazole rings is 1. The second-order valence-electron chi connectivity index (χ2n) is 5.73. The van der Waals surface area contributed by atoms with E-state index >= 15 is 0 Å². The minimum Gasteiger partial charge on any atom is -0.444 e. The van der Waals surface area contributed by atoms with E-state index in [4.69, 9.17) is 16.3 Å². The molecule has 20 heavy (non-hydrogen) atoms. The predicted molar refractivity (Wildman–Crippen MR) is 84.6 cm³/mol. The summed E-state index contributed by atoms with van der Waals surface area (Å²) in [4.78, 5) is 19.0. The summed E-state index contributed by atoms with van der Waals surface area (Å²) in [5.41, 5.74) is -0.429. The van der Waals surface area contributed by atoms with Gasteiger partial charge in [0.1, 0.15) is 5.60 Å². The summed E-state index contributed by atoms with van der Waals surface area (Å²) >= 11 is 9.18. The highest BCUT2D eigenvalue weighted by Gasteiger charge is 2.29. The number of carbonyl (C=O) groups excluding carboxylic acids is 1. The molecule has 1 saturated heterocycles. The third-order valence-electron chi connectivity index (χ3n) is 2.78. The van der Waals surface area contributed by atoms with E-state index in [2.05, 4.69) is 4.98 Å². The van der Waals surface area contributed by atoms with Crippen molar-refractivity contribution >= 4 is 40.8 Å². The van der Waals surface area contributed by atoms with E-state index in [0.29, 0.717) is 9.72 Å². The summed E-state index contributed by atoms with van der Waals surface area (Å²) in [5.74, 6) is 0.900. The van der Waals surface area contributed by atoms with Gasteiger partial charge in [-0.25, -0.2) is 9.78 Å². The van der Waals surface area contributed by atoms with Gasteiger partial charge in [-0.1, -0.05) is 11.6 Å².